The lowest BCUT2D eigenvalue weighted by Crippen LogP contribution is -2.57. The Labute approximate surface area is 140 Å². The third kappa shape index (κ3) is 3.88. The van der Waals surface area contributed by atoms with Gasteiger partial charge in [-0.3, -0.25) is 10.1 Å². The molecule has 3 amide bonds. The van der Waals surface area contributed by atoms with Crippen LogP contribution in [0.15, 0.2) is 15.0 Å². The molecular weight excluding hydrogens is 338 g/mol. The van der Waals surface area contributed by atoms with Crippen LogP contribution in [0.2, 0.25) is 0 Å². The van der Waals surface area contributed by atoms with Crippen LogP contribution < -0.4 is 10.6 Å². The number of carbonyl (C=O) groups is 2. The summed E-state index contributed by atoms with van der Waals surface area (Å²) < 4.78 is 5.56. The van der Waals surface area contributed by atoms with Crippen LogP contribution in [-0.4, -0.2) is 33.2 Å². The normalized spacial score (nSPS) is 21.1. The van der Waals surface area contributed by atoms with Gasteiger partial charge in [0.25, 0.3) is 5.22 Å². The predicted octanol–water partition coefficient (Wildman–Crippen LogP) is 1.51. The highest BCUT2D eigenvalue weighted by molar-refractivity contribution is 7.98. The van der Waals surface area contributed by atoms with Crippen molar-refractivity contribution >= 4 is 35.0 Å². The summed E-state index contributed by atoms with van der Waals surface area (Å²) in [5, 5.41) is 16.3. The van der Waals surface area contributed by atoms with Crippen LogP contribution >= 0.6 is 23.1 Å². The standard InChI is InChI=1S/C13H15N5O3S2/c1-6-9(11(19)16-12(20)14-6)3-10-17-18-13(21-10)23-5-8-4-22-7(2)15-8/h4,6,9H,3,5H2,1-2H3,(H2,14,16,19,20). The van der Waals surface area contributed by atoms with E-state index in [1.165, 1.54) is 11.8 Å². The van der Waals surface area contributed by atoms with Gasteiger partial charge in [-0.2, -0.15) is 0 Å². The fraction of sp³-hybridized carbons (Fsp3) is 0.462. The lowest BCUT2D eigenvalue weighted by Gasteiger charge is -2.27. The quantitative estimate of drug-likeness (QED) is 0.784. The molecule has 0 aromatic carbocycles. The monoisotopic (exact) mass is 353 g/mol. The van der Waals surface area contributed by atoms with Crippen molar-refractivity contribution in [3.05, 3.63) is 22.0 Å². The van der Waals surface area contributed by atoms with E-state index in [9.17, 15) is 9.59 Å². The Morgan fingerprint density at radius 1 is 1.39 bits per heavy atom. The summed E-state index contributed by atoms with van der Waals surface area (Å²) in [4.78, 5) is 27.4. The number of thioether (sulfide) groups is 1. The van der Waals surface area contributed by atoms with Crippen molar-refractivity contribution in [3.8, 4) is 0 Å². The van der Waals surface area contributed by atoms with Gasteiger partial charge in [0.15, 0.2) is 0 Å². The third-order valence-corrected chi connectivity index (χ3v) is 5.06. The van der Waals surface area contributed by atoms with Crippen molar-refractivity contribution in [2.75, 3.05) is 0 Å². The van der Waals surface area contributed by atoms with E-state index in [0.717, 1.165) is 10.7 Å². The van der Waals surface area contributed by atoms with Crippen molar-refractivity contribution in [2.45, 2.75) is 37.3 Å². The van der Waals surface area contributed by atoms with Crippen molar-refractivity contribution in [2.24, 2.45) is 5.92 Å². The number of aryl methyl sites for hydroxylation is 1. The van der Waals surface area contributed by atoms with Crippen LogP contribution in [0.25, 0.3) is 0 Å². The number of carbonyl (C=O) groups excluding carboxylic acids is 2. The van der Waals surface area contributed by atoms with Gasteiger partial charge >= 0.3 is 6.03 Å². The zero-order valence-electron chi connectivity index (χ0n) is 12.5. The van der Waals surface area contributed by atoms with E-state index in [-0.39, 0.29) is 18.4 Å². The van der Waals surface area contributed by atoms with Crippen molar-refractivity contribution in [3.63, 3.8) is 0 Å². The number of urea groups is 1. The smallest absolute Gasteiger partial charge is 0.321 e. The number of aromatic nitrogens is 3. The number of hydrogen-bond donors (Lipinski definition) is 2. The second-order valence-corrected chi connectivity index (χ2v) is 7.16. The van der Waals surface area contributed by atoms with E-state index in [2.05, 4.69) is 25.8 Å². The van der Waals surface area contributed by atoms with E-state index >= 15 is 0 Å². The Balaban J connectivity index is 1.58. The molecule has 23 heavy (non-hydrogen) atoms. The minimum atomic E-state index is -0.473. The average molecular weight is 353 g/mol. The van der Waals surface area contributed by atoms with Gasteiger partial charge in [0.05, 0.1) is 16.6 Å². The summed E-state index contributed by atoms with van der Waals surface area (Å²) in [6.45, 7) is 3.73. The van der Waals surface area contributed by atoms with Crippen LogP contribution in [-0.2, 0) is 17.0 Å². The molecule has 3 rings (SSSR count). The van der Waals surface area contributed by atoms with Gasteiger partial charge in [-0.1, -0.05) is 11.8 Å². The molecule has 2 aromatic heterocycles. The van der Waals surface area contributed by atoms with Crippen LogP contribution in [0.3, 0.4) is 0 Å². The van der Waals surface area contributed by atoms with E-state index in [1.54, 1.807) is 18.3 Å². The van der Waals surface area contributed by atoms with Gasteiger partial charge in [0.2, 0.25) is 11.8 Å². The molecule has 2 unspecified atom stereocenters. The fourth-order valence-corrected chi connectivity index (χ4v) is 3.61. The first-order chi connectivity index (χ1) is 11.0. The van der Waals surface area contributed by atoms with Crippen LogP contribution in [0.1, 0.15) is 23.5 Å². The fourth-order valence-electron chi connectivity index (χ4n) is 2.22. The SMILES string of the molecule is Cc1nc(CSc2nnc(CC3C(=O)NC(=O)NC3C)o2)cs1. The molecule has 0 saturated carbocycles. The number of nitrogens with one attached hydrogen (secondary N) is 2. The molecule has 0 radical (unpaired) electrons. The van der Waals surface area contributed by atoms with Crippen LogP contribution in [0.5, 0.6) is 0 Å². The van der Waals surface area contributed by atoms with Crippen molar-refractivity contribution < 1.29 is 14.0 Å². The van der Waals surface area contributed by atoms with Gasteiger partial charge in [0.1, 0.15) is 0 Å². The first-order valence-electron chi connectivity index (χ1n) is 6.99. The third-order valence-electron chi connectivity index (χ3n) is 3.39. The van der Waals surface area contributed by atoms with Gasteiger partial charge in [0, 0.05) is 23.6 Å². The molecule has 0 bridgehead atoms. The summed E-state index contributed by atoms with van der Waals surface area (Å²) in [6.07, 6.45) is 0.288. The van der Waals surface area contributed by atoms with Crippen LogP contribution in [0.4, 0.5) is 4.79 Å². The molecule has 1 aliphatic heterocycles. The van der Waals surface area contributed by atoms with Gasteiger partial charge in [-0.05, 0) is 13.8 Å². The van der Waals surface area contributed by atoms with E-state index in [0.29, 0.717) is 16.9 Å². The zero-order valence-corrected chi connectivity index (χ0v) is 14.2. The first-order valence-corrected chi connectivity index (χ1v) is 8.85. The topological polar surface area (TPSA) is 110 Å². The molecule has 1 fully saturated rings. The Morgan fingerprint density at radius 2 is 2.22 bits per heavy atom. The second kappa shape index (κ2) is 6.67. The molecule has 2 atom stereocenters. The molecule has 8 nitrogen and oxygen atoms in total. The molecule has 1 saturated heterocycles. The minimum absolute atomic E-state index is 0.280. The van der Waals surface area contributed by atoms with Gasteiger partial charge in [-0.25, -0.2) is 9.78 Å². The molecular formula is C13H15N5O3S2. The summed E-state index contributed by atoms with van der Waals surface area (Å²) in [5.41, 5.74) is 0.972. The Bertz CT molecular complexity index is 729. The summed E-state index contributed by atoms with van der Waals surface area (Å²) in [5.74, 6) is 0.284. The zero-order chi connectivity index (χ0) is 16.4. The average Bonchev–Trinajstić information content (AvgIpc) is 3.09. The lowest BCUT2D eigenvalue weighted by molar-refractivity contribution is -0.125. The molecule has 3 heterocycles. The maximum Gasteiger partial charge on any atom is 0.321 e. The van der Waals surface area contributed by atoms with E-state index in [4.69, 9.17) is 4.42 Å². The maximum atomic E-state index is 11.9. The van der Waals surface area contributed by atoms with E-state index in [1.807, 2.05) is 12.3 Å². The number of imide groups is 1. The molecule has 2 aromatic rings. The highest BCUT2D eigenvalue weighted by Gasteiger charge is 2.33. The Kier molecular flexibility index (Phi) is 4.62. The van der Waals surface area contributed by atoms with Gasteiger partial charge < -0.3 is 9.73 Å². The van der Waals surface area contributed by atoms with Crippen LogP contribution in [0, 0.1) is 12.8 Å². The summed E-state index contributed by atoms with van der Waals surface area (Å²) >= 11 is 3.00. The summed E-state index contributed by atoms with van der Waals surface area (Å²) in [6, 6.07) is -0.753. The largest absolute Gasteiger partial charge is 0.416 e. The van der Waals surface area contributed by atoms with Gasteiger partial charge in [-0.15, -0.1) is 21.5 Å². The molecule has 1 aliphatic rings. The van der Waals surface area contributed by atoms with Crippen molar-refractivity contribution in [1.82, 2.24) is 25.8 Å². The first kappa shape index (κ1) is 15.9. The molecule has 122 valence electrons. The second-order valence-electron chi connectivity index (χ2n) is 5.17. The number of amides is 3. The maximum absolute atomic E-state index is 11.9. The highest BCUT2D eigenvalue weighted by atomic mass is 32.2. The number of hydrogen-bond acceptors (Lipinski definition) is 8. The lowest BCUT2D eigenvalue weighted by atomic mass is 9.95. The summed E-state index contributed by atoms with van der Waals surface area (Å²) in [7, 11) is 0. The number of rotatable bonds is 5. The van der Waals surface area contributed by atoms with Crippen molar-refractivity contribution in [1.29, 1.82) is 0 Å². The Hall–Kier alpha value is -1.94. The molecule has 0 spiro atoms. The predicted molar refractivity (Wildman–Crippen MR) is 84.0 cm³/mol. The molecule has 0 aliphatic carbocycles. The Morgan fingerprint density at radius 3 is 2.91 bits per heavy atom. The highest BCUT2D eigenvalue weighted by Crippen LogP contribution is 2.23. The molecule has 10 heteroatoms. The molecule has 2 N–H and O–H groups in total. The number of thiazole rings is 1. The van der Waals surface area contributed by atoms with E-state index < -0.39 is 11.9 Å². The minimum Gasteiger partial charge on any atom is -0.416 e. The number of nitrogens with zero attached hydrogens (tertiary/aromatic N) is 3.